The number of rotatable bonds is 3. The summed E-state index contributed by atoms with van der Waals surface area (Å²) in [4.78, 5) is 21.5. The first kappa shape index (κ1) is 16.8. The van der Waals surface area contributed by atoms with Crippen molar-refractivity contribution in [1.82, 2.24) is 19.9 Å². The Hall–Kier alpha value is -2.67. The molecule has 136 valence electrons. The van der Waals surface area contributed by atoms with Crippen LogP contribution in [0.3, 0.4) is 0 Å². The number of hydrogen-bond acceptors (Lipinski definition) is 6. The van der Waals surface area contributed by atoms with Gasteiger partial charge in [0.1, 0.15) is 17.9 Å². The lowest BCUT2D eigenvalue weighted by Crippen LogP contribution is -2.49. The van der Waals surface area contributed by atoms with Crippen molar-refractivity contribution in [2.75, 3.05) is 26.7 Å². The van der Waals surface area contributed by atoms with Crippen molar-refractivity contribution in [1.29, 1.82) is 0 Å². The van der Waals surface area contributed by atoms with Gasteiger partial charge in [-0.25, -0.2) is 0 Å². The molecule has 0 bridgehead atoms. The average Bonchev–Trinajstić information content (AvgIpc) is 3.27. The fourth-order valence-corrected chi connectivity index (χ4v) is 3.41. The van der Waals surface area contributed by atoms with Gasteiger partial charge in [0, 0.05) is 25.0 Å². The van der Waals surface area contributed by atoms with Crippen LogP contribution in [0.1, 0.15) is 40.6 Å². The number of aryl methyl sites for hydroxylation is 2. The van der Waals surface area contributed by atoms with Crippen LogP contribution in [0.15, 0.2) is 33.4 Å². The van der Waals surface area contributed by atoms with E-state index in [-0.39, 0.29) is 11.9 Å². The number of benzene rings is 1. The molecule has 7 heteroatoms. The summed E-state index contributed by atoms with van der Waals surface area (Å²) in [5.74, 6) is 1.13. The maximum absolute atomic E-state index is 13.1. The normalized spacial score (nSPS) is 18.6. The maximum Gasteiger partial charge on any atom is 0.257 e. The Morgan fingerprint density at radius 2 is 2.19 bits per heavy atom. The number of carbonyl (C=O) groups is 1. The number of likely N-dealkylation sites (N-methyl/N-ethyl adjacent to an activating group) is 1. The van der Waals surface area contributed by atoms with Crippen molar-refractivity contribution in [3.8, 4) is 0 Å². The predicted molar refractivity (Wildman–Crippen MR) is 95.9 cm³/mol. The first-order valence-electron chi connectivity index (χ1n) is 8.86. The van der Waals surface area contributed by atoms with Crippen molar-refractivity contribution in [2.45, 2.75) is 26.3 Å². The fraction of sp³-hybridized carbons (Fsp3) is 0.421. The molecule has 1 amide bonds. The van der Waals surface area contributed by atoms with Gasteiger partial charge in [0.15, 0.2) is 5.82 Å². The monoisotopic (exact) mass is 354 g/mol. The van der Waals surface area contributed by atoms with E-state index in [0.29, 0.717) is 30.4 Å². The van der Waals surface area contributed by atoms with E-state index in [1.807, 2.05) is 30.1 Å². The van der Waals surface area contributed by atoms with Crippen molar-refractivity contribution >= 4 is 16.9 Å². The lowest BCUT2D eigenvalue weighted by Gasteiger charge is -2.37. The fourth-order valence-electron chi connectivity index (χ4n) is 3.41. The van der Waals surface area contributed by atoms with Gasteiger partial charge in [0.05, 0.1) is 5.56 Å². The highest BCUT2D eigenvalue weighted by atomic mass is 16.5. The molecule has 1 aromatic carbocycles. The van der Waals surface area contributed by atoms with Crippen LogP contribution in [0.4, 0.5) is 0 Å². The number of aromatic nitrogens is 2. The maximum atomic E-state index is 13.1. The zero-order chi connectivity index (χ0) is 18.3. The van der Waals surface area contributed by atoms with Crippen LogP contribution < -0.4 is 0 Å². The molecule has 0 aliphatic carbocycles. The van der Waals surface area contributed by atoms with Crippen molar-refractivity contribution in [2.24, 2.45) is 0 Å². The molecule has 0 radical (unpaired) electrons. The van der Waals surface area contributed by atoms with Gasteiger partial charge in [-0.2, -0.15) is 4.98 Å². The lowest BCUT2D eigenvalue weighted by molar-refractivity contribution is 0.0490. The zero-order valence-electron chi connectivity index (χ0n) is 15.2. The quantitative estimate of drug-likeness (QED) is 0.720. The van der Waals surface area contributed by atoms with E-state index < -0.39 is 0 Å². The van der Waals surface area contributed by atoms with Gasteiger partial charge in [-0.15, -0.1) is 0 Å². The van der Waals surface area contributed by atoms with Crippen molar-refractivity contribution in [3.05, 3.63) is 47.3 Å². The van der Waals surface area contributed by atoms with Gasteiger partial charge >= 0.3 is 0 Å². The van der Waals surface area contributed by atoms with Crippen LogP contribution in [-0.4, -0.2) is 52.5 Å². The summed E-state index contributed by atoms with van der Waals surface area (Å²) in [6.45, 7) is 5.80. The van der Waals surface area contributed by atoms with Crippen LogP contribution in [0, 0.1) is 6.92 Å². The Kier molecular flexibility index (Phi) is 4.24. The SMILES string of the molecule is CCc1ccc2occ(C(=O)N3CCN(C)C(c4nc(C)no4)C3)c2c1. The highest BCUT2D eigenvalue weighted by molar-refractivity contribution is 6.06. The lowest BCUT2D eigenvalue weighted by atomic mass is 10.1. The number of amides is 1. The molecule has 1 saturated heterocycles. The Bertz CT molecular complexity index is 945. The zero-order valence-corrected chi connectivity index (χ0v) is 15.2. The Balaban J connectivity index is 1.62. The number of nitrogens with zero attached hydrogens (tertiary/aromatic N) is 4. The van der Waals surface area contributed by atoms with Gasteiger partial charge in [-0.05, 0) is 38.1 Å². The summed E-state index contributed by atoms with van der Waals surface area (Å²) >= 11 is 0. The molecule has 0 spiro atoms. The Morgan fingerprint density at radius 1 is 1.35 bits per heavy atom. The molecule has 0 N–H and O–H groups in total. The molecule has 7 nitrogen and oxygen atoms in total. The van der Waals surface area contributed by atoms with E-state index in [0.717, 1.165) is 23.9 Å². The van der Waals surface area contributed by atoms with E-state index in [4.69, 9.17) is 8.94 Å². The Morgan fingerprint density at radius 3 is 2.92 bits per heavy atom. The predicted octanol–water partition coefficient (Wildman–Crippen LogP) is 2.82. The number of furan rings is 1. The largest absolute Gasteiger partial charge is 0.463 e. The highest BCUT2D eigenvalue weighted by Gasteiger charge is 2.33. The summed E-state index contributed by atoms with van der Waals surface area (Å²) < 4.78 is 10.9. The average molecular weight is 354 g/mol. The number of piperazine rings is 1. The van der Waals surface area contributed by atoms with Crippen LogP contribution in [0.25, 0.3) is 11.0 Å². The molecule has 1 unspecified atom stereocenters. The van der Waals surface area contributed by atoms with Crippen LogP contribution in [0.5, 0.6) is 0 Å². The van der Waals surface area contributed by atoms with Gasteiger partial charge in [0.25, 0.3) is 5.91 Å². The topological polar surface area (TPSA) is 75.6 Å². The van der Waals surface area contributed by atoms with Crippen LogP contribution >= 0.6 is 0 Å². The third kappa shape index (κ3) is 2.88. The third-order valence-electron chi connectivity index (χ3n) is 5.04. The second-order valence-electron chi connectivity index (χ2n) is 6.76. The van der Waals surface area contributed by atoms with E-state index in [1.54, 1.807) is 13.2 Å². The highest BCUT2D eigenvalue weighted by Crippen LogP contribution is 2.27. The number of carbonyl (C=O) groups excluding carboxylic acids is 1. The molecule has 1 atom stereocenters. The first-order chi connectivity index (χ1) is 12.6. The first-order valence-corrected chi connectivity index (χ1v) is 8.86. The molecule has 3 aromatic rings. The van der Waals surface area contributed by atoms with Crippen LogP contribution in [-0.2, 0) is 6.42 Å². The molecular weight excluding hydrogens is 332 g/mol. The van der Waals surface area contributed by atoms with E-state index in [9.17, 15) is 4.79 Å². The van der Waals surface area contributed by atoms with Crippen molar-refractivity contribution in [3.63, 3.8) is 0 Å². The molecule has 4 rings (SSSR count). The number of hydrogen-bond donors (Lipinski definition) is 0. The molecule has 2 aromatic heterocycles. The second-order valence-corrected chi connectivity index (χ2v) is 6.76. The molecule has 3 heterocycles. The molecule has 0 saturated carbocycles. The molecule has 1 fully saturated rings. The summed E-state index contributed by atoms with van der Waals surface area (Å²) in [6, 6.07) is 5.90. The van der Waals surface area contributed by atoms with Gasteiger partial charge in [-0.1, -0.05) is 18.1 Å². The molecule has 1 aliphatic rings. The third-order valence-corrected chi connectivity index (χ3v) is 5.04. The summed E-state index contributed by atoms with van der Waals surface area (Å²) in [6.07, 6.45) is 2.48. The molecule has 26 heavy (non-hydrogen) atoms. The molecular formula is C19H22N4O3. The minimum atomic E-state index is -0.0988. The van der Waals surface area contributed by atoms with Gasteiger partial charge < -0.3 is 13.8 Å². The van der Waals surface area contributed by atoms with E-state index in [1.165, 1.54) is 5.56 Å². The van der Waals surface area contributed by atoms with Crippen molar-refractivity contribution < 1.29 is 13.7 Å². The van der Waals surface area contributed by atoms with Gasteiger partial charge in [0.2, 0.25) is 5.89 Å². The summed E-state index contributed by atoms with van der Waals surface area (Å²) in [5, 5.41) is 4.75. The van der Waals surface area contributed by atoms with Gasteiger partial charge in [-0.3, -0.25) is 9.69 Å². The summed E-state index contributed by atoms with van der Waals surface area (Å²) in [5.41, 5.74) is 2.54. The standard InChI is InChI=1S/C19H22N4O3/c1-4-13-5-6-17-14(9-13)15(11-25-17)19(24)23-8-7-22(3)16(10-23)18-20-12(2)21-26-18/h5-6,9,11,16H,4,7-8,10H2,1-3H3. The minimum absolute atomic E-state index is 0.0219. The number of fused-ring (bicyclic) bond motifs is 1. The molecule has 1 aliphatic heterocycles. The summed E-state index contributed by atoms with van der Waals surface area (Å²) in [7, 11) is 2.01. The van der Waals surface area contributed by atoms with E-state index in [2.05, 4.69) is 22.0 Å². The Labute approximate surface area is 151 Å². The smallest absolute Gasteiger partial charge is 0.257 e. The minimum Gasteiger partial charge on any atom is -0.463 e. The van der Waals surface area contributed by atoms with Crippen LogP contribution in [0.2, 0.25) is 0 Å². The van der Waals surface area contributed by atoms with E-state index >= 15 is 0 Å². The second kappa shape index (κ2) is 6.57.